The molecule has 0 fully saturated rings. The van der Waals surface area contributed by atoms with E-state index in [0.29, 0.717) is 5.69 Å². The van der Waals surface area contributed by atoms with Crippen molar-refractivity contribution in [2.45, 2.75) is 6.92 Å². The highest BCUT2D eigenvalue weighted by molar-refractivity contribution is 6.04. The number of nitrogens with zero attached hydrogens (tertiary/aromatic N) is 2. The normalized spacial score (nSPS) is 10.1. The van der Waals surface area contributed by atoms with Crippen LogP contribution in [0.2, 0.25) is 0 Å². The first-order chi connectivity index (χ1) is 8.56. The molecule has 0 saturated heterocycles. The monoisotopic (exact) mass is 244 g/mol. The van der Waals surface area contributed by atoms with E-state index in [9.17, 15) is 9.90 Å². The number of anilines is 2. The van der Waals surface area contributed by atoms with Crippen LogP contribution in [0, 0.1) is 6.92 Å². The Morgan fingerprint density at radius 2 is 2.11 bits per heavy atom. The number of benzene rings is 1. The molecule has 0 aliphatic heterocycles. The summed E-state index contributed by atoms with van der Waals surface area (Å²) in [5, 5.41) is 11.8. The van der Waals surface area contributed by atoms with Gasteiger partial charge in [-0.15, -0.1) is 0 Å². The van der Waals surface area contributed by atoms with Crippen molar-refractivity contribution in [1.29, 1.82) is 0 Å². The van der Waals surface area contributed by atoms with E-state index >= 15 is 0 Å². The first kappa shape index (κ1) is 11.8. The fourth-order valence-corrected chi connectivity index (χ4v) is 1.36. The molecule has 2 aromatic rings. The number of rotatable bonds is 2. The molecule has 1 amide bonds. The lowest BCUT2D eigenvalue weighted by molar-refractivity contribution is 0.102. The molecule has 92 valence electrons. The molecular formula is C12H12N4O2. The highest BCUT2D eigenvalue weighted by Gasteiger charge is 2.09. The molecule has 1 aromatic heterocycles. The molecule has 0 spiro atoms. The molecule has 0 aliphatic rings. The van der Waals surface area contributed by atoms with Crippen LogP contribution < -0.4 is 11.1 Å². The van der Waals surface area contributed by atoms with E-state index in [1.165, 1.54) is 30.6 Å². The minimum absolute atomic E-state index is 0.0422. The van der Waals surface area contributed by atoms with E-state index in [-0.39, 0.29) is 17.1 Å². The van der Waals surface area contributed by atoms with E-state index < -0.39 is 5.91 Å². The lowest BCUT2D eigenvalue weighted by Gasteiger charge is -2.07. The summed E-state index contributed by atoms with van der Waals surface area (Å²) in [5.74, 6) is -0.361. The number of aromatic nitrogens is 2. The second-order valence-corrected chi connectivity index (χ2v) is 3.77. The molecule has 2 rings (SSSR count). The number of nitrogens with two attached hydrogens (primary N) is 1. The molecule has 6 nitrogen and oxygen atoms in total. The van der Waals surface area contributed by atoms with Gasteiger partial charge < -0.3 is 16.2 Å². The van der Waals surface area contributed by atoms with Gasteiger partial charge in [-0.1, -0.05) is 0 Å². The van der Waals surface area contributed by atoms with Crippen LogP contribution in [-0.2, 0) is 0 Å². The van der Waals surface area contributed by atoms with Crippen molar-refractivity contribution in [3.8, 4) is 5.75 Å². The Kier molecular flexibility index (Phi) is 3.09. The first-order valence-corrected chi connectivity index (χ1v) is 5.25. The molecule has 0 saturated carbocycles. The van der Waals surface area contributed by atoms with Crippen LogP contribution in [0.5, 0.6) is 5.75 Å². The summed E-state index contributed by atoms with van der Waals surface area (Å²) in [6.45, 7) is 1.78. The zero-order valence-corrected chi connectivity index (χ0v) is 9.71. The van der Waals surface area contributed by atoms with Gasteiger partial charge in [-0.25, -0.2) is 4.98 Å². The highest BCUT2D eigenvalue weighted by Crippen LogP contribution is 2.23. The number of carbonyl (C=O) groups excluding carboxylic acids is 1. The van der Waals surface area contributed by atoms with Gasteiger partial charge in [-0.3, -0.25) is 9.78 Å². The number of amides is 1. The van der Waals surface area contributed by atoms with Crippen molar-refractivity contribution >= 4 is 17.3 Å². The molecule has 18 heavy (non-hydrogen) atoms. The number of nitrogen functional groups attached to an aromatic ring is 1. The maximum Gasteiger partial charge on any atom is 0.275 e. The summed E-state index contributed by atoms with van der Waals surface area (Å²) < 4.78 is 0. The van der Waals surface area contributed by atoms with E-state index in [2.05, 4.69) is 15.3 Å². The van der Waals surface area contributed by atoms with Gasteiger partial charge in [0.2, 0.25) is 0 Å². The number of aromatic hydroxyl groups is 1. The summed E-state index contributed by atoms with van der Waals surface area (Å²) >= 11 is 0. The SMILES string of the molecule is Cc1cnc(C(=O)Nc2ccc(O)cc2N)cn1. The largest absolute Gasteiger partial charge is 0.508 e. The Hall–Kier alpha value is -2.63. The Morgan fingerprint density at radius 3 is 2.72 bits per heavy atom. The summed E-state index contributed by atoms with van der Waals surface area (Å²) in [4.78, 5) is 19.8. The van der Waals surface area contributed by atoms with Crippen LogP contribution in [-0.4, -0.2) is 21.0 Å². The summed E-state index contributed by atoms with van der Waals surface area (Å²) in [6, 6.07) is 4.31. The third-order valence-electron chi connectivity index (χ3n) is 2.30. The van der Waals surface area contributed by atoms with Gasteiger partial charge in [-0.05, 0) is 19.1 Å². The molecule has 0 aliphatic carbocycles. The summed E-state index contributed by atoms with van der Waals surface area (Å²) in [6.07, 6.45) is 2.90. The number of carbonyl (C=O) groups is 1. The van der Waals surface area contributed by atoms with Gasteiger partial charge in [0.05, 0.1) is 23.3 Å². The molecule has 0 bridgehead atoms. The Labute approximate surface area is 104 Å². The smallest absolute Gasteiger partial charge is 0.275 e. The molecular weight excluding hydrogens is 232 g/mol. The maximum absolute atomic E-state index is 11.8. The van der Waals surface area contributed by atoms with Crippen molar-refractivity contribution < 1.29 is 9.90 Å². The molecule has 1 heterocycles. The third kappa shape index (κ3) is 2.54. The summed E-state index contributed by atoms with van der Waals surface area (Å²) in [5.41, 5.74) is 7.29. The molecule has 0 unspecified atom stereocenters. The number of phenolic OH excluding ortho intramolecular Hbond substituents is 1. The van der Waals surface area contributed by atoms with Crippen molar-refractivity contribution in [3.05, 3.63) is 42.0 Å². The Morgan fingerprint density at radius 1 is 1.33 bits per heavy atom. The van der Waals surface area contributed by atoms with Crippen molar-refractivity contribution in [2.75, 3.05) is 11.1 Å². The molecule has 6 heteroatoms. The van der Waals surface area contributed by atoms with Gasteiger partial charge >= 0.3 is 0 Å². The third-order valence-corrected chi connectivity index (χ3v) is 2.30. The van der Waals surface area contributed by atoms with Gasteiger partial charge in [0.1, 0.15) is 11.4 Å². The van der Waals surface area contributed by atoms with E-state index in [1.54, 1.807) is 6.92 Å². The van der Waals surface area contributed by atoms with Gasteiger partial charge in [0, 0.05) is 12.3 Å². The van der Waals surface area contributed by atoms with E-state index in [4.69, 9.17) is 5.73 Å². The molecule has 0 atom stereocenters. The Balaban J connectivity index is 2.18. The topological polar surface area (TPSA) is 101 Å². The molecule has 0 radical (unpaired) electrons. The lowest BCUT2D eigenvalue weighted by Crippen LogP contribution is -2.15. The van der Waals surface area contributed by atoms with Crippen LogP contribution >= 0.6 is 0 Å². The highest BCUT2D eigenvalue weighted by atomic mass is 16.3. The van der Waals surface area contributed by atoms with Gasteiger partial charge in [0.25, 0.3) is 5.91 Å². The second-order valence-electron chi connectivity index (χ2n) is 3.77. The zero-order valence-electron chi connectivity index (χ0n) is 9.71. The minimum atomic E-state index is -0.403. The predicted molar refractivity (Wildman–Crippen MR) is 67.2 cm³/mol. The average molecular weight is 244 g/mol. The van der Waals surface area contributed by atoms with Crippen LogP contribution in [0.4, 0.5) is 11.4 Å². The van der Waals surface area contributed by atoms with E-state index in [1.807, 2.05) is 0 Å². The fourth-order valence-electron chi connectivity index (χ4n) is 1.36. The standard InChI is InChI=1S/C12H12N4O2/c1-7-5-15-11(6-14-7)12(18)16-10-3-2-8(17)4-9(10)13/h2-6,17H,13H2,1H3,(H,16,18). The fraction of sp³-hybridized carbons (Fsp3) is 0.0833. The summed E-state index contributed by atoms with van der Waals surface area (Å²) in [7, 11) is 0. The number of hydrogen-bond acceptors (Lipinski definition) is 5. The van der Waals surface area contributed by atoms with Gasteiger partial charge in [-0.2, -0.15) is 0 Å². The van der Waals surface area contributed by atoms with E-state index in [0.717, 1.165) is 5.69 Å². The minimum Gasteiger partial charge on any atom is -0.508 e. The predicted octanol–water partition coefficient (Wildman–Crippen LogP) is 1.33. The Bertz CT molecular complexity index is 581. The van der Waals surface area contributed by atoms with Gasteiger partial charge in [0.15, 0.2) is 0 Å². The number of phenols is 1. The maximum atomic E-state index is 11.8. The quantitative estimate of drug-likeness (QED) is 0.546. The number of aryl methyl sites for hydroxylation is 1. The van der Waals surface area contributed by atoms with Crippen molar-refractivity contribution in [1.82, 2.24) is 9.97 Å². The molecule has 1 aromatic carbocycles. The first-order valence-electron chi connectivity index (χ1n) is 5.25. The second kappa shape index (κ2) is 4.70. The lowest BCUT2D eigenvalue weighted by atomic mass is 10.2. The van der Waals surface area contributed by atoms with Crippen LogP contribution in [0.1, 0.15) is 16.2 Å². The van der Waals surface area contributed by atoms with Crippen molar-refractivity contribution in [3.63, 3.8) is 0 Å². The van der Waals surface area contributed by atoms with Crippen molar-refractivity contribution in [2.24, 2.45) is 0 Å². The van der Waals surface area contributed by atoms with Crippen LogP contribution in [0.15, 0.2) is 30.6 Å². The number of nitrogens with one attached hydrogen (secondary N) is 1. The van der Waals surface area contributed by atoms with Crippen LogP contribution in [0.25, 0.3) is 0 Å². The molecule has 4 N–H and O–H groups in total. The zero-order chi connectivity index (χ0) is 13.1. The average Bonchev–Trinajstić information content (AvgIpc) is 2.33. The number of hydrogen-bond donors (Lipinski definition) is 3. The van der Waals surface area contributed by atoms with Crippen LogP contribution in [0.3, 0.4) is 0 Å².